The van der Waals surface area contributed by atoms with Crippen molar-refractivity contribution in [1.29, 1.82) is 0 Å². The van der Waals surface area contributed by atoms with Gasteiger partial charge in [0.05, 0.1) is 18.7 Å². The van der Waals surface area contributed by atoms with Crippen LogP contribution >= 0.6 is 23.2 Å². The van der Waals surface area contributed by atoms with Crippen molar-refractivity contribution in [1.82, 2.24) is 10.2 Å². The highest BCUT2D eigenvalue weighted by molar-refractivity contribution is 6.32. The number of hydrogen-bond donors (Lipinski definition) is 1. The van der Waals surface area contributed by atoms with Gasteiger partial charge in [-0.1, -0.05) is 129 Å². The van der Waals surface area contributed by atoms with E-state index in [1.165, 1.54) is 19.3 Å². The smallest absolute Gasteiger partial charge is 0.169 e. The molecule has 232 valence electrons. The Balaban J connectivity index is 0.000000696. The van der Waals surface area contributed by atoms with Gasteiger partial charge in [0.15, 0.2) is 5.78 Å². The number of ketones is 1. The third-order valence-electron chi connectivity index (χ3n) is 7.20. The molecule has 1 aliphatic rings. The van der Waals surface area contributed by atoms with Crippen LogP contribution in [0.1, 0.15) is 111 Å². The maximum atomic E-state index is 13.5. The number of H-pyrrole nitrogens is 1. The van der Waals surface area contributed by atoms with Gasteiger partial charge in [0, 0.05) is 16.2 Å². The summed E-state index contributed by atoms with van der Waals surface area (Å²) in [5, 5.41) is 7.93. The van der Waals surface area contributed by atoms with Crippen LogP contribution in [0.4, 0.5) is 0 Å². The quantitative estimate of drug-likeness (QED) is 0.257. The first-order valence-electron chi connectivity index (χ1n) is 15.6. The topological polar surface area (TPSA) is 55.0 Å². The van der Waals surface area contributed by atoms with Crippen molar-refractivity contribution in [3.05, 3.63) is 75.5 Å². The van der Waals surface area contributed by atoms with Crippen LogP contribution in [0.25, 0.3) is 16.7 Å². The highest BCUT2D eigenvalue weighted by Gasteiger charge is 2.29. The van der Waals surface area contributed by atoms with Gasteiger partial charge in [-0.05, 0) is 65.6 Å². The number of benzene rings is 2. The Hall–Kier alpha value is -2.56. The molecule has 4 nitrogen and oxygen atoms in total. The molecular formula is C36H52Cl2N2O2. The molecule has 0 fully saturated rings. The van der Waals surface area contributed by atoms with E-state index in [0.29, 0.717) is 28.8 Å². The van der Waals surface area contributed by atoms with Crippen LogP contribution in [0.2, 0.25) is 10.2 Å². The summed E-state index contributed by atoms with van der Waals surface area (Å²) in [4.78, 5) is 13.5. The van der Waals surface area contributed by atoms with Crippen molar-refractivity contribution >= 4 is 34.6 Å². The fourth-order valence-corrected chi connectivity index (χ4v) is 5.21. The zero-order valence-electron chi connectivity index (χ0n) is 27.4. The van der Waals surface area contributed by atoms with Crippen LogP contribution in [-0.4, -0.2) is 22.6 Å². The molecule has 0 saturated carbocycles. The number of halogens is 2. The second kappa shape index (κ2) is 19.6. The largest absolute Gasteiger partial charge is 0.493 e. The summed E-state index contributed by atoms with van der Waals surface area (Å²) in [7, 11) is 0. The Labute approximate surface area is 265 Å². The van der Waals surface area contributed by atoms with E-state index in [-0.39, 0.29) is 17.6 Å². The SMILES string of the molecule is C/C=C(/C(=O)C1COc2ccc(Cl)cc2C1)c1ccc(-c2cn[nH]c2Cl)cc1C(C)C.CC.CC.CCCC(C)CC. The number of hydrogen-bond acceptors (Lipinski definition) is 3. The molecule has 3 aromatic rings. The van der Waals surface area contributed by atoms with E-state index in [2.05, 4.69) is 50.9 Å². The van der Waals surface area contributed by atoms with E-state index < -0.39 is 0 Å². The summed E-state index contributed by atoms with van der Waals surface area (Å²) in [6, 6.07) is 11.7. The molecule has 2 unspecified atom stereocenters. The first kappa shape index (κ1) is 37.5. The van der Waals surface area contributed by atoms with Crippen molar-refractivity contribution in [3.63, 3.8) is 0 Å². The van der Waals surface area contributed by atoms with Gasteiger partial charge in [-0.3, -0.25) is 9.89 Å². The second-order valence-corrected chi connectivity index (χ2v) is 11.2. The Morgan fingerprint density at radius 1 is 1.07 bits per heavy atom. The number of nitrogens with zero attached hydrogens (tertiary/aromatic N) is 1. The summed E-state index contributed by atoms with van der Waals surface area (Å²) in [6.07, 6.45) is 8.32. The zero-order chi connectivity index (χ0) is 31.8. The van der Waals surface area contributed by atoms with E-state index in [9.17, 15) is 4.79 Å². The third-order valence-corrected chi connectivity index (χ3v) is 7.72. The molecule has 2 heterocycles. The molecule has 1 aromatic heterocycles. The summed E-state index contributed by atoms with van der Waals surface area (Å²) in [5.74, 6) is 1.82. The van der Waals surface area contributed by atoms with Crippen molar-refractivity contribution in [2.24, 2.45) is 11.8 Å². The molecule has 2 atom stereocenters. The molecule has 0 radical (unpaired) electrons. The van der Waals surface area contributed by atoms with Crippen molar-refractivity contribution < 1.29 is 9.53 Å². The van der Waals surface area contributed by atoms with Crippen LogP contribution in [0.5, 0.6) is 5.75 Å². The normalized spacial score (nSPS) is 14.6. The summed E-state index contributed by atoms with van der Waals surface area (Å²) in [5.41, 5.74) is 5.55. The Morgan fingerprint density at radius 3 is 2.29 bits per heavy atom. The summed E-state index contributed by atoms with van der Waals surface area (Å²) >= 11 is 12.4. The number of ether oxygens (including phenoxy) is 1. The van der Waals surface area contributed by atoms with Gasteiger partial charge in [-0.2, -0.15) is 5.10 Å². The standard InChI is InChI=1S/C25H24Cl2N2O2.C7H16.2C2H6/c1-4-19(24(30)17-9-16-10-18(26)6-8-23(16)31-13-17)20-7-5-15(11-21(20)14(2)3)22-12-28-29-25(22)27;1-4-6-7(3)5-2;2*1-2/h4-8,10-12,14,17H,9,13H2,1-3H3,(H,28,29);7H,4-6H2,1-3H3;2*1-2H3/b19-4+;;;. The van der Waals surface area contributed by atoms with Crippen molar-refractivity contribution in [2.45, 2.75) is 101 Å². The van der Waals surface area contributed by atoms with E-state index in [1.54, 1.807) is 6.20 Å². The minimum atomic E-state index is -0.250. The molecule has 0 spiro atoms. The minimum Gasteiger partial charge on any atom is -0.493 e. The van der Waals surface area contributed by atoms with Gasteiger partial charge in [0.2, 0.25) is 0 Å². The summed E-state index contributed by atoms with van der Waals surface area (Å²) < 4.78 is 5.87. The lowest BCUT2D eigenvalue weighted by Gasteiger charge is -2.26. The second-order valence-electron chi connectivity index (χ2n) is 10.4. The van der Waals surface area contributed by atoms with Gasteiger partial charge in [0.25, 0.3) is 0 Å². The molecule has 1 N–H and O–H groups in total. The van der Waals surface area contributed by atoms with E-state index >= 15 is 0 Å². The van der Waals surface area contributed by atoms with Gasteiger partial charge in [-0.15, -0.1) is 0 Å². The number of nitrogens with one attached hydrogen (secondary N) is 1. The first-order chi connectivity index (χ1) is 20.2. The lowest BCUT2D eigenvalue weighted by Crippen LogP contribution is -2.29. The monoisotopic (exact) mass is 614 g/mol. The molecule has 6 heteroatoms. The lowest BCUT2D eigenvalue weighted by atomic mass is 9.83. The fraction of sp³-hybridized carbons (Fsp3) is 0.500. The molecule has 0 bridgehead atoms. The number of allylic oxidation sites excluding steroid dienone is 2. The lowest BCUT2D eigenvalue weighted by molar-refractivity contribution is -0.118. The molecular weight excluding hydrogens is 563 g/mol. The van der Waals surface area contributed by atoms with Crippen LogP contribution in [-0.2, 0) is 11.2 Å². The zero-order valence-corrected chi connectivity index (χ0v) is 28.9. The van der Waals surface area contributed by atoms with Gasteiger partial charge < -0.3 is 4.74 Å². The van der Waals surface area contributed by atoms with Crippen LogP contribution < -0.4 is 4.74 Å². The summed E-state index contributed by atoms with van der Waals surface area (Å²) in [6.45, 7) is 21.3. The predicted octanol–water partition coefficient (Wildman–Crippen LogP) is 11.6. The van der Waals surface area contributed by atoms with E-state index in [0.717, 1.165) is 39.5 Å². The number of fused-ring (bicyclic) bond motifs is 1. The molecule has 0 saturated heterocycles. The van der Waals surface area contributed by atoms with Crippen LogP contribution in [0.15, 0.2) is 48.7 Å². The van der Waals surface area contributed by atoms with E-state index in [1.807, 2.05) is 71.0 Å². The Kier molecular flexibility index (Phi) is 17.5. The average molecular weight is 616 g/mol. The van der Waals surface area contributed by atoms with E-state index in [4.69, 9.17) is 27.9 Å². The van der Waals surface area contributed by atoms with Crippen molar-refractivity contribution in [2.75, 3.05) is 6.61 Å². The predicted molar refractivity (Wildman–Crippen MR) is 183 cm³/mol. The number of carbonyl (C=O) groups is 1. The Bertz CT molecular complexity index is 1260. The number of Topliss-reactive ketones (excluding diaryl/α,β-unsaturated/α-hetero) is 1. The molecule has 1 aliphatic heterocycles. The molecule has 42 heavy (non-hydrogen) atoms. The maximum absolute atomic E-state index is 13.5. The van der Waals surface area contributed by atoms with Crippen LogP contribution in [0.3, 0.4) is 0 Å². The number of aromatic amines is 1. The fourth-order valence-electron chi connectivity index (χ4n) is 4.80. The highest BCUT2D eigenvalue weighted by atomic mass is 35.5. The van der Waals surface area contributed by atoms with Gasteiger partial charge in [0.1, 0.15) is 10.9 Å². The van der Waals surface area contributed by atoms with Crippen molar-refractivity contribution in [3.8, 4) is 16.9 Å². The first-order valence-corrected chi connectivity index (χ1v) is 16.4. The Morgan fingerprint density at radius 2 is 1.76 bits per heavy atom. The number of aromatic nitrogens is 2. The average Bonchev–Trinajstić information content (AvgIpc) is 3.45. The molecule has 0 amide bonds. The minimum absolute atomic E-state index is 0.0871. The third kappa shape index (κ3) is 10.3. The van der Waals surface area contributed by atoms with Crippen LogP contribution in [0, 0.1) is 11.8 Å². The maximum Gasteiger partial charge on any atom is 0.169 e. The number of carbonyl (C=O) groups excluding carboxylic acids is 1. The number of rotatable bonds is 8. The van der Waals surface area contributed by atoms with Gasteiger partial charge >= 0.3 is 0 Å². The molecule has 4 rings (SSSR count). The highest BCUT2D eigenvalue weighted by Crippen LogP contribution is 2.36. The van der Waals surface area contributed by atoms with Gasteiger partial charge in [-0.25, -0.2) is 0 Å². The molecule has 0 aliphatic carbocycles. The molecule has 2 aromatic carbocycles.